The SMILES string of the molecule is Cc1cccc(Cl)c1C(=O)NCC(c1cncs1)N1CCC(OCc2ccccc2)CC1. The second-order valence-corrected chi connectivity index (χ2v) is 9.42. The summed E-state index contributed by atoms with van der Waals surface area (Å²) in [4.78, 5) is 20.7. The second kappa shape index (κ2) is 11.1. The molecule has 3 aromatic rings. The average Bonchev–Trinajstić information content (AvgIpc) is 3.34. The molecule has 1 amide bonds. The molecule has 1 unspecified atom stereocenters. The Morgan fingerprint density at radius 2 is 2.00 bits per heavy atom. The number of carbonyl (C=O) groups excluding carboxylic acids is 1. The average molecular weight is 470 g/mol. The first-order valence-corrected chi connectivity index (χ1v) is 12.2. The van der Waals surface area contributed by atoms with Gasteiger partial charge in [-0.3, -0.25) is 14.7 Å². The molecule has 1 saturated heterocycles. The van der Waals surface area contributed by atoms with Crippen molar-refractivity contribution in [3.05, 3.63) is 86.8 Å². The van der Waals surface area contributed by atoms with Gasteiger partial charge in [0, 0.05) is 30.7 Å². The Morgan fingerprint density at radius 1 is 1.22 bits per heavy atom. The summed E-state index contributed by atoms with van der Waals surface area (Å²) >= 11 is 7.91. The molecule has 0 saturated carbocycles. The number of piperidine rings is 1. The molecule has 1 N–H and O–H groups in total. The number of aromatic nitrogens is 1. The lowest BCUT2D eigenvalue weighted by Crippen LogP contribution is -2.43. The van der Waals surface area contributed by atoms with Crippen molar-refractivity contribution in [2.45, 2.75) is 38.5 Å². The van der Waals surface area contributed by atoms with Gasteiger partial charge in [0.1, 0.15) is 0 Å². The van der Waals surface area contributed by atoms with E-state index in [9.17, 15) is 4.79 Å². The van der Waals surface area contributed by atoms with Gasteiger partial charge in [-0.1, -0.05) is 54.1 Å². The van der Waals surface area contributed by atoms with Crippen molar-refractivity contribution in [2.24, 2.45) is 0 Å². The van der Waals surface area contributed by atoms with Crippen LogP contribution >= 0.6 is 22.9 Å². The van der Waals surface area contributed by atoms with Crippen molar-refractivity contribution in [3.8, 4) is 0 Å². The predicted molar refractivity (Wildman–Crippen MR) is 129 cm³/mol. The fraction of sp³-hybridized carbons (Fsp3) is 0.360. The molecule has 0 spiro atoms. The van der Waals surface area contributed by atoms with E-state index in [0.29, 0.717) is 23.7 Å². The first kappa shape index (κ1) is 22.9. The van der Waals surface area contributed by atoms with Crippen molar-refractivity contribution in [2.75, 3.05) is 19.6 Å². The quantitative estimate of drug-likeness (QED) is 0.489. The summed E-state index contributed by atoms with van der Waals surface area (Å²) in [6.45, 7) is 4.91. The Hall–Kier alpha value is -2.25. The number of ether oxygens (including phenoxy) is 1. The summed E-state index contributed by atoms with van der Waals surface area (Å²) in [5.74, 6) is -0.135. The fourth-order valence-electron chi connectivity index (χ4n) is 4.14. The molecule has 1 fully saturated rings. The van der Waals surface area contributed by atoms with E-state index in [1.807, 2.05) is 49.0 Å². The van der Waals surface area contributed by atoms with Crippen LogP contribution in [0.15, 0.2) is 60.2 Å². The highest BCUT2D eigenvalue weighted by Crippen LogP contribution is 2.28. The molecular formula is C25H28ClN3O2S. The first-order valence-electron chi connectivity index (χ1n) is 10.9. The standard InChI is InChI=1S/C25H28ClN3O2S/c1-18-6-5-9-21(26)24(18)25(30)28-14-22(23-15-27-17-32-23)29-12-10-20(11-13-29)31-16-19-7-3-2-4-8-19/h2-9,15,17,20,22H,10-14,16H2,1H3,(H,28,30). The predicted octanol–water partition coefficient (Wildman–Crippen LogP) is 5.26. The van der Waals surface area contributed by atoms with Gasteiger partial charge >= 0.3 is 0 Å². The zero-order valence-corrected chi connectivity index (χ0v) is 19.7. The molecule has 0 bridgehead atoms. The van der Waals surface area contributed by atoms with E-state index >= 15 is 0 Å². The van der Waals surface area contributed by atoms with Crippen LogP contribution in [0.2, 0.25) is 5.02 Å². The highest BCUT2D eigenvalue weighted by molar-refractivity contribution is 7.09. The number of thiazole rings is 1. The molecule has 32 heavy (non-hydrogen) atoms. The monoisotopic (exact) mass is 469 g/mol. The number of hydrogen-bond acceptors (Lipinski definition) is 5. The first-order chi connectivity index (χ1) is 15.6. The van der Waals surface area contributed by atoms with E-state index < -0.39 is 0 Å². The lowest BCUT2D eigenvalue weighted by Gasteiger charge is -2.37. The van der Waals surface area contributed by atoms with Crippen molar-refractivity contribution in [3.63, 3.8) is 0 Å². The number of rotatable bonds is 8. The number of nitrogens with one attached hydrogen (secondary N) is 1. The van der Waals surface area contributed by atoms with Crippen LogP contribution in [0.3, 0.4) is 0 Å². The van der Waals surface area contributed by atoms with E-state index in [0.717, 1.165) is 36.4 Å². The number of halogens is 1. The Balaban J connectivity index is 1.35. The minimum Gasteiger partial charge on any atom is -0.373 e. The van der Waals surface area contributed by atoms with Crippen LogP contribution in [0.4, 0.5) is 0 Å². The number of aryl methyl sites for hydroxylation is 1. The van der Waals surface area contributed by atoms with Gasteiger partial charge in [0.2, 0.25) is 0 Å². The second-order valence-electron chi connectivity index (χ2n) is 8.09. The lowest BCUT2D eigenvalue weighted by molar-refractivity contribution is -0.0109. The van der Waals surface area contributed by atoms with Gasteiger partial charge in [-0.25, -0.2) is 0 Å². The Bertz CT molecular complexity index is 985. The molecule has 1 atom stereocenters. The fourth-order valence-corrected chi connectivity index (χ4v) is 5.20. The maximum Gasteiger partial charge on any atom is 0.253 e. The van der Waals surface area contributed by atoms with E-state index in [1.54, 1.807) is 17.4 Å². The molecule has 0 aliphatic carbocycles. The Kier molecular flexibility index (Phi) is 7.92. The molecule has 5 nitrogen and oxygen atoms in total. The van der Waals surface area contributed by atoms with Gasteiger partial charge in [0.15, 0.2) is 0 Å². The zero-order chi connectivity index (χ0) is 22.3. The summed E-state index contributed by atoms with van der Waals surface area (Å²) in [7, 11) is 0. The molecule has 168 valence electrons. The smallest absolute Gasteiger partial charge is 0.253 e. The molecule has 1 aromatic heterocycles. The van der Waals surface area contributed by atoms with Crippen LogP contribution in [0, 0.1) is 6.92 Å². The maximum absolute atomic E-state index is 12.9. The topological polar surface area (TPSA) is 54.5 Å². The van der Waals surface area contributed by atoms with Crippen LogP contribution in [0.5, 0.6) is 0 Å². The lowest BCUT2D eigenvalue weighted by atomic mass is 10.0. The number of amides is 1. The third-order valence-electron chi connectivity index (χ3n) is 5.93. The molecule has 4 rings (SSSR count). The molecular weight excluding hydrogens is 442 g/mol. The van der Waals surface area contributed by atoms with Gasteiger partial charge < -0.3 is 10.1 Å². The number of hydrogen-bond donors (Lipinski definition) is 1. The van der Waals surface area contributed by atoms with Crippen molar-refractivity contribution in [1.82, 2.24) is 15.2 Å². The summed E-state index contributed by atoms with van der Waals surface area (Å²) in [6, 6.07) is 15.9. The summed E-state index contributed by atoms with van der Waals surface area (Å²) in [5, 5.41) is 3.59. The number of carbonyl (C=O) groups is 1. The molecule has 7 heteroatoms. The number of benzene rings is 2. The van der Waals surface area contributed by atoms with Gasteiger partial charge in [-0.2, -0.15) is 0 Å². The van der Waals surface area contributed by atoms with Crippen molar-refractivity contribution >= 4 is 28.8 Å². The van der Waals surface area contributed by atoms with E-state index in [1.165, 1.54) is 5.56 Å². The van der Waals surface area contributed by atoms with Crippen LogP contribution in [-0.4, -0.2) is 41.5 Å². The summed E-state index contributed by atoms with van der Waals surface area (Å²) < 4.78 is 6.15. The van der Waals surface area contributed by atoms with E-state index in [4.69, 9.17) is 16.3 Å². The van der Waals surface area contributed by atoms with Gasteiger partial charge in [-0.15, -0.1) is 11.3 Å². The molecule has 2 aromatic carbocycles. The normalized spacial score (nSPS) is 16.1. The molecule has 0 radical (unpaired) electrons. The largest absolute Gasteiger partial charge is 0.373 e. The minimum atomic E-state index is -0.135. The highest BCUT2D eigenvalue weighted by Gasteiger charge is 2.28. The molecule has 2 heterocycles. The van der Waals surface area contributed by atoms with E-state index in [-0.39, 0.29) is 18.1 Å². The number of likely N-dealkylation sites (tertiary alicyclic amines) is 1. The Labute approximate surface area is 198 Å². The van der Waals surface area contributed by atoms with Gasteiger partial charge in [-0.05, 0) is 37.0 Å². The summed E-state index contributed by atoms with van der Waals surface area (Å²) in [6.07, 6.45) is 4.11. The van der Waals surface area contributed by atoms with Gasteiger partial charge in [0.25, 0.3) is 5.91 Å². The third kappa shape index (κ3) is 5.75. The van der Waals surface area contributed by atoms with E-state index in [2.05, 4.69) is 27.3 Å². The molecule has 1 aliphatic rings. The minimum absolute atomic E-state index is 0.0873. The van der Waals surface area contributed by atoms with Crippen LogP contribution in [0.25, 0.3) is 0 Å². The van der Waals surface area contributed by atoms with Crippen LogP contribution < -0.4 is 5.32 Å². The molecule has 1 aliphatic heterocycles. The maximum atomic E-state index is 12.9. The van der Waals surface area contributed by atoms with Crippen LogP contribution in [-0.2, 0) is 11.3 Å². The van der Waals surface area contributed by atoms with Gasteiger partial charge in [0.05, 0.1) is 34.8 Å². The van der Waals surface area contributed by atoms with Crippen molar-refractivity contribution < 1.29 is 9.53 Å². The summed E-state index contributed by atoms with van der Waals surface area (Å²) in [5.41, 5.74) is 4.47. The zero-order valence-electron chi connectivity index (χ0n) is 18.2. The van der Waals surface area contributed by atoms with Crippen LogP contribution in [0.1, 0.15) is 45.2 Å². The highest BCUT2D eigenvalue weighted by atomic mass is 35.5. The van der Waals surface area contributed by atoms with Crippen molar-refractivity contribution in [1.29, 1.82) is 0 Å². The third-order valence-corrected chi connectivity index (χ3v) is 7.12. The Morgan fingerprint density at radius 3 is 2.69 bits per heavy atom. The number of nitrogens with zero attached hydrogens (tertiary/aromatic N) is 2.